The maximum atomic E-state index is 12.7. The van der Waals surface area contributed by atoms with Gasteiger partial charge in [0.05, 0.1) is 13.0 Å². The Kier molecular flexibility index (Phi) is 4.78. The fraction of sp³-hybridized carbons (Fsp3) is 0.294. The minimum atomic E-state index is -0.900. The number of ether oxygens (including phenoxy) is 1. The summed E-state index contributed by atoms with van der Waals surface area (Å²) in [4.78, 5) is 26.5. The van der Waals surface area contributed by atoms with Gasteiger partial charge in [-0.25, -0.2) is 0 Å². The van der Waals surface area contributed by atoms with Gasteiger partial charge in [-0.2, -0.15) is 0 Å². The van der Waals surface area contributed by atoms with Crippen molar-refractivity contribution < 1.29 is 19.4 Å². The molecule has 0 saturated carbocycles. The van der Waals surface area contributed by atoms with E-state index in [9.17, 15) is 14.7 Å². The molecule has 0 aliphatic carbocycles. The van der Waals surface area contributed by atoms with E-state index >= 15 is 0 Å². The van der Waals surface area contributed by atoms with Crippen LogP contribution in [0, 0.1) is 5.92 Å². The quantitative estimate of drug-likeness (QED) is 0.902. The summed E-state index contributed by atoms with van der Waals surface area (Å²) < 4.78 is 5.20. The van der Waals surface area contributed by atoms with Crippen LogP contribution in [0.5, 0.6) is 5.75 Å². The molecular weight excluding hydrogens is 350 g/mol. The highest BCUT2D eigenvalue weighted by molar-refractivity contribution is 7.12. The average Bonchev–Trinajstić information content (AvgIpc) is 3.21. The number of benzene rings is 1. The van der Waals surface area contributed by atoms with E-state index in [4.69, 9.17) is 16.3 Å². The lowest BCUT2D eigenvalue weighted by atomic mass is 9.89. The molecule has 1 fully saturated rings. The van der Waals surface area contributed by atoms with Crippen molar-refractivity contribution >= 4 is 34.8 Å². The number of carbonyl (C=O) groups is 2. The number of carboxylic acids is 1. The van der Waals surface area contributed by atoms with Gasteiger partial charge in [-0.15, -0.1) is 11.3 Å². The summed E-state index contributed by atoms with van der Waals surface area (Å²) in [5.41, 5.74) is 0.875. The molecule has 3 rings (SSSR count). The number of carboxylic acid groups (broad SMARTS) is 1. The van der Waals surface area contributed by atoms with Crippen LogP contribution in [0.1, 0.15) is 21.2 Å². The number of thiophene rings is 1. The topological polar surface area (TPSA) is 66.8 Å². The van der Waals surface area contributed by atoms with E-state index in [2.05, 4.69) is 0 Å². The zero-order chi connectivity index (χ0) is 17.3. The van der Waals surface area contributed by atoms with Gasteiger partial charge in [0.2, 0.25) is 0 Å². The summed E-state index contributed by atoms with van der Waals surface area (Å²) in [6.07, 6.45) is 0. The number of hydrogen-bond donors (Lipinski definition) is 1. The molecule has 1 saturated heterocycles. The number of methoxy groups -OCH3 is 1. The van der Waals surface area contributed by atoms with E-state index < -0.39 is 11.9 Å². The van der Waals surface area contributed by atoms with Crippen LogP contribution in [0.25, 0.3) is 0 Å². The molecule has 2 aromatic rings. The summed E-state index contributed by atoms with van der Waals surface area (Å²) in [7, 11) is 1.51. The van der Waals surface area contributed by atoms with E-state index in [1.54, 1.807) is 28.5 Å². The van der Waals surface area contributed by atoms with Gasteiger partial charge < -0.3 is 14.7 Å². The van der Waals surface area contributed by atoms with Gasteiger partial charge in [-0.05, 0) is 29.1 Å². The van der Waals surface area contributed by atoms with Crippen molar-refractivity contribution in [2.75, 3.05) is 20.2 Å². The predicted molar refractivity (Wildman–Crippen MR) is 92.1 cm³/mol. The Morgan fingerprint density at radius 1 is 1.25 bits per heavy atom. The Balaban J connectivity index is 1.86. The monoisotopic (exact) mass is 365 g/mol. The number of likely N-dealkylation sites (tertiary alicyclic amines) is 1. The highest BCUT2D eigenvalue weighted by atomic mass is 35.5. The van der Waals surface area contributed by atoms with Gasteiger partial charge in [0, 0.05) is 24.0 Å². The largest absolute Gasteiger partial charge is 0.495 e. The van der Waals surface area contributed by atoms with E-state index in [1.807, 2.05) is 12.1 Å². The number of carbonyl (C=O) groups excluding carboxylic acids is 1. The molecule has 5 nitrogen and oxygen atoms in total. The lowest BCUT2D eigenvalue weighted by molar-refractivity contribution is -0.141. The molecule has 1 aromatic carbocycles. The molecule has 1 N–H and O–H groups in total. The van der Waals surface area contributed by atoms with Crippen LogP contribution >= 0.6 is 22.9 Å². The van der Waals surface area contributed by atoms with Gasteiger partial charge in [-0.3, -0.25) is 9.59 Å². The van der Waals surface area contributed by atoms with E-state index in [0.29, 0.717) is 22.2 Å². The zero-order valence-corrected chi connectivity index (χ0v) is 14.5. The molecule has 1 amide bonds. The molecule has 1 aliphatic heterocycles. The minimum absolute atomic E-state index is 0.183. The van der Waals surface area contributed by atoms with Crippen molar-refractivity contribution in [2.45, 2.75) is 5.92 Å². The zero-order valence-electron chi connectivity index (χ0n) is 12.9. The van der Waals surface area contributed by atoms with Gasteiger partial charge in [0.25, 0.3) is 5.91 Å². The minimum Gasteiger partial charge on any atom is -0.495 e. The summed E-state index contributed by atoms with van der Waals surface area (Å²) >= 11 is 7.20. The van der Waals surface area contributed by atoms with Gasteiger partial charge in [0.1, 0.15) is 10.6 Å². The van der Waals surface area contributed by atoms with Crippen LogP contribution in [-0.2, 0) is 4.79 Å². The normalized spacial score (nSPS) is 20.2. The summed E-state index contributed by atoms with van der Waals surface area (Å²) in [6.45, 7) is 0.543. The second-order valence-electron chi connectivity index (χ2n) is 5.63. The molecule has 1 aromatic heterocycles. The SMILES string of the molecule is COc1ccsc1C(=O)N1C[C@@H](C(=O)O)[C@H](c2ccc(Cl)cc2)C1. The fourth-order valence-electron chi connectivity index (χ4n) is 3.03. The third-order valence-electron chi connectivity index (χ3n) is 4.27. The molecule has 0 spiro atoms. The lowest BCUT2D eigenvalue weighted by Crippen LogP contribution is -2.29. The molecule has 1 aliphatic rings. The molecule has 2 atom stereocenters. The molecular formula is C17H16ClNO4S. The molecule has 0 unspecified atom stereocenters. The van der Waals surface area contributed by atoms with Crippen molar-refractivity contribution in [3.63, 3.8) is 0 Å². The molecule has 0 bridgehead atoms. The standard InChI is InChI=1S/C17H16ClNO4S/c1-23-14-6-7-24-15(14)16(20)19-8-12(13(9-19)17(21)22)10-2-4-11(18)5-3-10/h2-7,12-13H,8-9H2,1H3,(H,21,22)/t12-,13+/m0/s1. The number of rotatable bonds is 4. The maximum absolute atomic E-state index is 12.7. The second kappa shape index (κ2) is 6.83. The van der Waals surface area contributed by atoms with Crippen molar-refractivity contribution in [3.05, 3.63) is 51.2 Å². The van der Waals surface area contributed by atoms with E-state index in [0.717, 1.165) is 5.56 Å². The number of amides is 1. The van der Waals surface area contributed by atoms with Crippen LogP contribution in [-0.4, -0.2) is 42.1 Å². The van der Waals surface area contributed by atoms with Crippen LogP contribution in [0.15, 0.2) is 35.7 Å². The summed E-state index contributed by atoms with van der Waals surface area (Å²) in [5.74, 6) is -1.46. The average molecular weight is 366 g/mol. The van der Waals surface area contributed by atoms with Crippen molar-refractivity contribution in [2.24, 2.45) is 5.92 Å². The Morgan fingerprint density at radius 2 is 1.96 bits per heavy atom. The van der Waals surface area contributed by atoms with Crippen molar-refractivity contribution in [1.29, 1.82) is 0 Å². The molecule has 0 radical (unpaired) electrons. The Bertz CT molecular complexity index is 758. The Morgan fingerprint density at radius 3 is 2.58 bits per heavy atom. The van der Waals surface area contributed by atoms with Gasteiger partial charge >= 0.3 is 5.97 Å². The number of halogens is 1. The first-order valence-corrected chi connectivity index (χ1v) is 8.66. The van der Waals surface area contributed by atoms with Crippen molar-refractivity contribution in [1.82, 2.24) is 4.90 Å². The summed E-state index contributed by atoms with van der Waals surface area (Å²) in [6, 6.07) is 8.86. The lowest BCUT2D eigenvalue weighted by Gasteiger charge is -2.16. The van der Waals surface area contributed by atoms with Crippen LogP contribution in [0.3, 0.4) is 0 Å². The first-order chi connectivity index (χ1) is 11.5. The molecule has 24 heavy (non-hydrogen) atoms. The maximum Gasteiger partial charge on any atom is 0.308 e. The van der Waals surface area contributed by atoms with Crippen LogP contribution in [0.4, 0.5) is 0 Å². The number of aliphatic carboxylic acids is 1. The summed E-state index contributed by atoms with van der Waals surface area (Å²) in [5, 5.41) is 11.9. The predicted octanol–water partition coefficient (Wildman–Crippen LogP) is 3.35. The molecule has 126 valence electrons. The number of hydrogen-bond acceptors (Lipinski definition) is 4. The van der Waals surface area contributed by atoms with Gasteiger partial charge in [0.15, 0.2) is 0 Å². The number of nitrogens with zero attached hydrogens (tertiary/aromatic N) is 1. The third-order valence-corrected chi connectivity index (χ3v) is 5.40. The highest BCUT2D eigenvalue weighted by Crippen LogP contribution is 2.36. The molecule has 7 heteroatoms. The van der Waals surface area contributed by atoms with E-state index in [-0.39, 0.29) is 18.4 Å². The smallest absolute Gasteiger partial charge is 0.308 e. The highest BCUT2D eigenvalue weighted by Gasteiger charge is 2.41. The van der Waals surface area contributed by atoms with E-state index in [1.165, 1.54) is 18.4 Å². The van der Waals surface area contributed by atoms with Crippen LogP contribution < -0.4 is 4.74 Å². The fourth-order valence-corrected chi connectivity index (χ4v) is 3.98. The van der Waals surface area contributed by atoms with Gasteiger partial charge in [-0.1, -0.05) is 23.7 Å². The van der Waals surface area contributed by atoms with Crippen molar-refractivity contribution in [3.8, 4) is 5.75 Å². The third kappa shape index (κ3) is 3.12. The second-order valence-corrected chi connectivity index (χ2v) is 6.98. The van der Waals surface area contributed by atoms with Crippen LogP contribution in [0.2, 0.25) is 5.02 Å². The first kappa shape index (κ1) is 16.8. The molecule has 2 heterocycles. The Labute approximate surface area is 148 Å². The Hall–Kier alpha value is -2.05. The first-order valence-electron chi connectivity index (χ1n) is 7.40.